The Hall–Kier alpha value is -2.01. The first-order valence-electron chi connectivity index (χ1n) is 5.11. The molecule has 0 saturated heterocycles. The molecule has 94 valence electrons. The summed E-state index contributed by atoms with van der Waals surface area (Å²) in [6.07, 6.45) is 0. The van der Waals surface area contributed by atoms with Crippen molar-refractivity contribution in [3.8, 4) is 5.75 Å². The van der Waals surface area contributed by atoms with E-state index in [1.54, 1.807) is 6.07 Å². The fourth-order valence-corrected chi connectivity index (χ4v) is 1.95. The van der Waals surface area contributed by atoms with Gasteiger partial charge in [-0.05, 0) is 12.1 Å². The number of anilines is 1. The van der Waals surface area contributed by atoms with E-state index in [9.17, 15) is 9.59 Å². The van der Waals surface area contributed by atoms with E-state index >= 15 is 0 Å². The molecular weight excluding hydrogens is 258 g/mol. The number of hydrogen-bond acceptors (Lipinski definition) is 5. The molecule has 0 amide bonds. The molecule has 2 N–H and O–H groups in total. The number of nitrogens with two attached hydrogens (primary N) is 1. The molecular formula is C12H10ClNO4. The number of Topliss-reactive ketones (excluding diaryl/α,β-unsaturated/α-hetero) is 1. The van der Waals surface area contributed by atoms with Crippen molar-refractivity contribution >= 4 is 40.0 Å². The molecule has 5 nitrogen and oxygen atoms in total. The monoisotopic (exact) mass is 267 g/mol. The quantitative estimate of drug-likeness (QED) is 0.514. The Morgan fingerprint density at radius 3 is 2.56 bits per heavy atom. The molecule has 0 unspecified atom stereocenters. The predicted molar refractivity (Wildman–Crippen MR) is 66.9 cm³/mol. The number of hydrogen-bond donors (Lipinski definition) is 1. The number of carbonyl (C=O) groups excluding carboxylic acids is 2. The summed E-state index contributed by atoms with van der Waals surface area (Å²) in [5.74, 6) is -0.565. The normalized spacial score (nSPS) is 10.6. The largest absolute Gasteiger partial charge is 0.451 e. The zero-order chi connectivity index (χ0) is 13.4. The number of fused-ring (bicyclic) bond motifs is 1. The summed E-state index contributed by atoms with van der Waals surface area (Å²) in [6, 6.07) is 3.03. The van der Waals surface area contributed by atoms with E-state index in [0.29, 0.717) is 11.0 Å². The summed E-state index contributed by atoms with van der Waals surface area (Å²) in [5, 5.41) is 0.525. The van der Waals surface area contributed by atoms with Crippen LogP contribution in [0.5, 0.6) is 5.75 Å². The van der Waals surface area contributed by atoms with E-state index < -0.39 is 5.97 Å². The second kappa shape index (κ2) is 4.34. The Balaban J connectivity index is 2.70. The van der Waals surface area contributed by atoms with Crippen LogP contribution in [-0.4, -0.2) is 11.8 Å². The van der Waals surface area contributed by atoms with Gasteiger partial charge in [0.15, 0.2) is 11.5 Å². The van der Waals surface area contributed by atoms with E-state index in [0.717, 1.165) is 0 Å². The van der Waals surface area contributed by atoms with Gasteiger partial charge in [-0.2, -0.15) is 0 Å². The lowest BCUT2D eigenvalue weighted by molar-refractivity contribution is -0.131. The number of ether oxygens (including phenoxy) is 1. The molecule has 2 rings (SSSR count). The summed E-state index contributed by atoms with van der Waals surface area (Å²) in [4.78, 5) is 22.2. The van der Waals surface area contributed by atoms with Gasteiger partial charge >= 0.3 is 5.97 Å². The molecule has 0 radical (unpaired) electrons. The first kappa shape index (κ1) is 12.4. The van der Waals surface area contributed by atoms with Crippen molar-refractivity contribution in [3.05, 3.63) is 22.9 Å². The number of benzene rings is 1. The molecule has 18 heavy (non-hydrogen) atoms. The minimum Gasteiger partial charge on any atom is -0.451 e. The van der Waals surface area contributed by atoms with Gasteiger partial charge in [-0.3, -0.25) is 9.59 Å². The number of esters is 1. The standard InChI is InChI=1S/C12H10ClNO4/c1-5(15)12-11(14)9-7(18-12)3-4-8(10(9)13)17-6(2)16/h3-4H,14H2,1-2H3. The second-order valence-corrected chi connectivity index (χ2v) is 4.12. The molecule has 2 aromatic rings. The summed E-state index contributed by atoms with van der Waals surface area (Å²) in [6.45, 7) is 2.61. The number of nitrogen functional groups attached to an aromatic ring is 1. The number of ketones is 1. The molecule has 0 bridgehead atoms. The third kappa shape index (κ3) is 1.93. The van der Waals surface area contributed by atoms with Crippen LogP contribution in [0.3, 0.4) is 0 Å². The highest BCUT2D eigenvalue weighted by Crippen LogP contribution is 2.39. The fraction of sp³-hybridized carbons (Fsp3) is 0.167. The molecule has 0 saturated carbocycles. The maximum absolute atomic E-state index is 11.3. The molecule has 0 atom stereocenters. The maximum atomic E-state index is 11.3. The van der Waals surface area contributed by atoms with Crippen molar-refractivity contribution in [2.75, 3.05) is 5.73 Å². The van der Waals surface area contributed by atoms with Gasteiger partial charge in [0.05, 0.1) is 16.1 Å². The van der Waals surface area contributed by atoms with Crippen molar-refractivity contribution in [2.24, 2.45) is 0 Å². The zero-order valence-electron chi connectivity index (χ0n) is 9.74. The van der Waals surface area contributed by atoms with Crippen LogP contribution < -0.4 is 10.5 Å². The summed E-state index contributed by atoms with van der Waals surface area (Å²) in [7, 11) is 0. The van der Waals surface area contributed by atoms with E-state index in [2.05, 4.69) is 0 Å². The minimum absolute atomic E-state index is 0.0480. The predicted octanol–water partition coefficient (Wildman–Crippen LogP) is 2.80. The Morgan fingerprint density at radius 1 is 1.33 bits per heavy atom. The van der Waals surface area contributed by atoms with Crippen molar-refractivity contribution in [1.29, 1.82) is 0 Å². The van der Waals surface area contributed by atoms with Crippen LogP contribution in [0.25, 0.3) is 11.0 Å². The highest BCUT2D eigenvalue weighted by molar-refractivity contribution is 6.38. The Labute approximate surface area is 107 Å². The molecule has 0 spiro atoms. The lowest BCUT2D eigenvalue weighted by Gasteiger charge is -2.04. The van der Waals surface area contributed by atoms with Crippen LogP contribution in [0.2, 0.25) is 5.02 Å². The third-order valence-electron chi connectivity index (χ3n) is 2.37. The highest BCUT2D eigenvalue weighted by atomic mass is 35.5. The number of furan rings is 1. The average molecular weight is 268 g/mol. The summed E-state index contributed by atoms with van der Waals surface area (Å²) in [5.41, 5.74) is 6.32. The van der Waals surface area contributed by atoms with E-state index in [-0.39, 0.29) is 28.0 Å². The first-order chi connectivity index (χ1) is 8.41. The van der Waals surface area contributed by atoms with Gasteiger partial charge in [-0.25, -0.2) is 0 Å². The zero-order valence-corrected chi connectivity index (χ0v) is 10.5. The van der Waals surface area contributed by atoms with E-state index in [4.69, 9.17) is 26.5 Å². The fourth-order valence-electron chi connectivity index (χ4n) is 1.65. The van der Waals surface area contributed by atoms with Gasteiger partial charge in [0, 0.05) is 13.8 Å². The van der Waals surface area contributed by atoms with Crippen LogP contribution in [0, 0.1) is 0 Å². The first-order valence-corrected chi connectivity index (χ1v) is 5.49. The lowest BCUT2D eigenvalue weighted by atomic mass is 10.2. The number of halogens is 1. The van der Waals surface area contributed by atoms with Crippen LogP contribution in [0.4, 0.5) is 5.69 Å². The maximum Gasteiger partial charge on any atom is 0.308 e. The van der Waals surface area contributed by atoms with E-state index in [1.807, 2.05) is 0 Å². The van der Waals surface area contributed by atoms with Crippen molar-refractivity contribution in [2.45, 2.75) is 13.8 Å². The van der Waals surface area contributed by atoms with Crippen LogP contribution in [-0.2, 0) is 4.79 Å². The number of carbonyl (C=O) groups is 2. The Bertz CT molecular complexity index is 660. The van der Waals surface area contributed by atoms with Crippen LogP contribution >= 0.6 is 11.6 Å². The van der Waals surface area contributed by atoms with Gasteiger partial charge < -0.3 is 14.9 Å². The molecule has 1 heterocycles. The van der Waals surface area contributed by atoms with Crippen molar-refractivity contribution < 1.29 is 18.7 Å². The Morgan fingerprint density at radius 2 is 2.00 bits per heavy atom. The third-order valence-corrected chi connectivity index (χ3v) is 2.74. The van der Waals surface area contributed by atoms with Crippen LogP contribution in [0.1, 0.15) is 24.4 Å². The van der Waals surface area contributed by atoms with Gasteiger partial charge in [0.1, 0.15) is 11.3 Å². The molecule has 1 aromatic heterocycles. The average Bonchev–Trinajstić information content (AvgIpc) is 2.60. The molecule has 0 aliphatic carbocycles. The number of rotatable bonds is 2. The highest BCUT2D eigenvalue weighted by Gasteiger charge is 2.20. The van der Waals surface area contributed by atoms with Gasteiger partial charge in [0.25, 0.3) is 0 Å². The topological polar surface area (TPSA) is 82.5 Å². The summed E-state index contributed by atoms with van der Waals surface area (Å²) >= 11 is 6.08. The Kier molecular flexibility index (Phi) is 3.00. The van der Waals surface area contributed by atoms with Gasteiger partial charge in [0.2, 0.25) is 0 Å². The lowest BCUT2D eigenvalue weighted by Crippen LogP contribution is -2.02. The summed E-state index contributed by atoms with van der Waals surface area (Å²) < 4.78 is 10.2. The van der Waals surface area contributed by atoms with E-state index in [1.165, 1.54) is 19.9 Å². The van der Waals surface area contributed by atoms with Gasteiger partial charge in [-0.1, -0.05) is 11.6 Å². The minimum atomic E-state index is -0.495. The molecule has 0 fully saturated rings. The van der Waals surface area contributed by atoms with Crippen molar-refractivity contribution in [3.63, 3.8) is 0 Å². The van der Waals surface area contributed by atoms with Crippen molar-refractivity contribution in [1.82, 2.24) is 0 Å². The molecule has 0 aliphatic heterocycles. The van der Waals surface area contributed by atoms with Gasteiger partial charge in [-0.15, -0.1) is 0 Å². The molecule has 1 aromatic carbocycles. The molecule has 6 heteroatoms. The SMILES string of the molecule is CC(=O)Oc1ccc2oc(C(C)=O)c(N)c2c1Cl. The smallest absolute Gasteiger partial charge is 0.308 e. The second-order valence-electron chi connectivity index (χ2n) is 3.75. The van der Waals surface area contributed by atoms with Crippen LogP contribution in [0.15, 0.2) is 16.5 Å². The molecule has 0 aliphatic rings.